The molecular formula is C11H20N4O. The lowest BCUT2D eigenvalue weighted by molar-refractivity contribution is 0.340. The van der Waals surface area contributed by atoms with E-state index in [0.717, 1.165) is 24.7 Å². The monoisotopic (exact) mass is 224 g/mol. The maximum Gasteiger partial charge on any atom is 0.226 e. The molecule has 0 aliphatic carbocycles. The van der Waals surface area contributed by atoms with Crippen molar-refractivity contribution in [1.29, 1.82) is 0 Å². The normalized spacial score (nSPS) is 23.8. The SMILES string of the molecule is CC(N)Cc1noc(CC2CCN(C)C2)n1. The highest BCUT2D eigenvalue weighted by molar-refractivity contribution is 4.91. The molecule has 0 radical (unpaired) electrons. The molecule has 16 heavy (non-hydrogen) atoms. The molecule has 1 saturated heterocycles. The smallest absolute Gasteiger partial charge is 0.226 e. The first-order valence-corrected chi connectivity index (χ1v) is 5.89. The molecule has 5 nitrogen and oxygen atoms in total. The zero-order valence-electron chi connectivity index (χ0n) is 10.0. The first-order valence-electron chi connectivity index (χ1n) is 5.89. The van der Waals surface area contributed by atoms with Gasteiger partial charge in [-0.15, -0.1) is 0 Å². The number of aromatic nitrogens is 2. The van der Waals surface area contributed by atoms with E-state index in [4.69, 9.17) is 10.3 Å². The first-order chi connectivity index (χ1) is 7.63. The second kappa shape index (κ2) is 4.93. The maximum absolute atomic E-state index is 5.69. The van der Waals surface area contributed by atoms with Crippen LogP contribution in [0.3, 0.4) is 0 Å². The molecular weight excluding hydrogens is 204 g/mol. The molecule has 0 aromatic carbocycles. The molecule has 1 aliphatic rings. The van der Waals surface area contributed by atoms with Gasteiger partial charge in [-0.25, -0.2) is 0 Å². The van der Waals surface area contributed by atoms with Crippen molar-refractivity contribution in [3.63, 3.8) is 0 Å². The Morgan fingerprint density at radius 2 is 2.44 bits per heavy atom. The summed E-state index contributed by atoms with van der Waals surface area (Å²) < 4.78 is 5.23. The van der Waals surface area contributed by atoms with Crippen LogP contribution < -0.4 is 5.73 Å². The minimum Gasteiger partial charge on any atom is -0.339 e. The van der Waals surface area contributed by atoms with E-state index in [1.807, 2.05) is 6.92 Å². The van der Waals surface area contributed by atoms with E-state index in [-0.39, 0.29) is 6.04 Å². The molecule has 1 aromatic rings. The van der Waals surface area contributed by atoms with Gasteiger partial charge in [0.05, 0.1) is 0 Å². The Bertz CT molecular complexity index is 336. The fraction of sp³-hybridized carbons (Fsp3) is 0.818. The van der Waals surface area contributed by atoms with Crippen molar-refractivity contribution in [3.8, 4) is 0 Å². The zero-order valence-corrected chi connectivity index (χ0v) is 10.0. The van der Waals surface area contributed by atoms with Crippen molar-refractivity contribution in [2.75, 3.05) is 20.1 Å². The molecule has 0 spiro atoms. The van der Waals surface area contributed by atoms with Gasteiger partial charge in [0, 0.05) is 25.4 Å². The summed E-state index contributed by atoms with van der Waals surface area (Å²) in [6.07, 6.45) is 2.81. The van der Waals surface area contributed by atoms with Gasteiger partial charge in [-0.05, 0) is 32.9 Å². The van der Waals surface area contributed by atoms with Gasteiger partial charge in [0.2, 0.25) is 5.89 Å². The minimum atomic E-state index is 0.0862. The Hall–Kier alpha value is -0.940. The Kier molecular flexibility index (Phi) is 3.56. The average molecular weight is 224 g/mol. The molecule has 0 amide bonds. The summed E-state index contributed by atoms with van der Waals surface area (Å²) >= 11 is 0. The number of hydrogen-bond acceptors (Lipinski definition) is 5. The lowest BCUT2D eigenvalue weighted by Gasteiger charge is -2.06. The van der Waals surface area contributed by atoms with Gasteiger partial charge in [-0.3, -0.25) is 0 Å². The molecule has 5 heteroatoms. The Morgan fingerprint density at radius 3 is 3.06 bits per heavy atom. The van der Waals surface area contributed by atoms with Crippen LogP contribution in [0.1, 0.15) is 25.1 Å². The van der Waals surface area contributed by atoms with E-state index in [1.165, 1.54) is 13.0 Å². The Morgan fingerprint density at radius 1 is 1.62 bits per heavy atom. The van der Waals surface area contributed by atoms with Crippen LogP contribution in [0.5, 0.6) is 0 Å². The molecule has 2 atom stereocenters. The van der Waals surface area contributed by atoms with Crippen LogP contribution in [0.4, 0.5) is 0 Å². The second-order valence-corrected chi connectivity index (χ2v) is 4.91. The van der Waals surface area contributed by atoms with Crippen molar-refractivity contribution in [3.05, 3.63) is 11.7 Å². The highest BCUT2D eigenvalue weighted by atomic mass is 16.5. The van der Waals surface area contributed by atoms with Crippen LogP contribution in [-0.4, -0.2) is 41.2 Å². The Labute approximate surface area is 96.0 Å². The number of hydrogen-bond donors (Lipinski definition) is 1. The predicted molar refractivity (Wildman–Crippen MR) is 61.0 cm³/mol. The Balaban J connectivity index is 1.87. The van der Waals surface area contributed by atoms with Gasteiger partial charge in [0.15, 0.2) is 5.82 Å². The zero-order chi connectivity index (χ0) is 11.5. The summed E-state index contributed by atoms with van der Waals surface area (Å²) in [6.45, 7) is 4.25. The minimum absolute atomic E-state index is 0.0862. The summed E-state index contributed by atoms with van der Waals surface area (Å²) in [5.74, 6) is 2.15. The lowest BCUT2D eigenvalue weighted by atomic mass is 10.1. The predicted octanol–water partition coefficient (Wildman–Crippen LogP) is 0.453. The maximum atomic E-state index is 5.69. The molecule has 2 N–H and O–H groups in total. The van der Waals surface area contributed by atoms with Crippen LogP contribution in [-0.2, 0) is 12.8 Å². The van der Waals surface area contributed by atoms with Crippen molar-refractivity contribution >= 4 is 0 Å². The third-order valence-electron chi connectivity index (χ3n) is 2.97. The number of nitrogens with two attached hydrogens (primary N) is 1. The first kappa shape index (κ1) is 11.5. The van der Waals surface area contributed by atoms with Crippen LogP contribution in [0, 0.1) is 5.92 Å². The molecule has 0 saturated carbocycles. The summed E-state index contributed by atoms with van der Waals surface area (Å²) in [5, 5.41) is 3.94. The summed E-state index contributed by atoms with van der Waals surface area (Å²) in [5.41, 5.74) is 5.69. The van der Waals surface area contributed by atoms with Gasteiger partial charge in [-0.2, -0.15) is 4.98 Å². The third-order valence-corrected chi connectivity index (χ3v) is 2.97. The largest absolute Gasteiger partial charge is 0.339 e. The van der Waals surface area contributed by atoms with Gasteiger partial charge in [0.25, 0.3) is 0 Å². The van der Waals surface area contributed by atoms with E-state index in [1.54, 1.807) is 0 Å². The van der Waals surface area contributed by atoms with Gasteiger partial charge >= 0.3 is 0 Å². The summed E-state index contributed by atoms with van der Waals surface area (Å²) in [7, 11) is 2.15. The molecule has 2 rings (SSSR count). The molecule has 90 valence electrons. The molecule has 2 heterocycles. The number of nitrogens with zero attached hydrogens (tertiary/aromatic N) is 3. The number of rotatable bonds is 4. The highest BCUT2D eigenvalue weighted by Crippen LogP contribution is 2.18. The summed E-state index contributed by atoms with van der Waals surface area (Å²) in [4.78, 5) is 6.70. The van der Waals surface area contributed by atoms with E-state index in [9.17, 15) is 0 Å². The quantitative estimate of drug-likeness (QED) is 0.804. The molecule has 2 unspecified atom stereocenters. The van der Waals surface area contributed by atoms with Crippen molar-refractivity contribution in [2.45, 2.75) is 32.2 Å². The van der Waals surface area contributed by atoms with Crippen LogP contribution in [0.2, 0.25) is 0 Å². The van der Waals surface area contributed by atoms with Crippen LogP contribution in [0.15, 0.2) is 4.52 Å². The standard InChI is InChI=1S/C11H20N4O/c1-8(12)5-10-13-11(16-14-10)6-9-3-4-15(2)7-9/h8-9H,3-7,12H2,1-2H3. The molecule has 1 aromatic heterocycles. The highest BCUT2D eigenvalue weighted by Gasteiger charge is 2.22. The van der Waals surface area contributed by atoms with E-state index in [2.05, 4.69) is 22.1 Å². The molecule has 0 bridgehead atoms. The lowest BCUT2D eigenvalue weighted by Crippen LogP contribution is -2.18. The average Bonchev–Trinajstić information content (AvgIpc) is 2.76. The number of likely N-dealkylation sites (tertiary alicyclic amines) is 1. The van der Waals surface area contributed by atoms with Gasteiger partial charge < -0.3 is 15.2 Å². The van der Waals surface area contributed by atoms with Crippen molar-refractivity contribution in [2.24, 2.45) is 11.7 Å². The van der Waals surface area contributed by atoms with Crippen molar-refractivity contribution < 1.29 is 4.52 Å². The van der Waals surface area contributed by atoms with Gasteiger partial charge in [-0.1, -0.05) is 5.16 Å². The molecule has 1 aliphatic heterocycles. The third kappa shape index (κ3) is 3.02. The van der Waals surface area contributed by atoms with Crippen molar-refractivity contribution in [1.82, 2.24) is 15.0 Å². The van der Waals surface area contributed by atoms with E-state index in [0.29, 0.717) is 12.3 Å². The van der Waals surface area contributed by atoms with Gasteiger partial charge in [0.1, 0.15) is 0 Å². The van der Waals surface area contributed by atoms with E-state index >= 15 is 0 Å². The summed E-state index contributed by atoms with van der Waals surface area (Å²) in [6, 6.07) is 0.0862. The molecule has 1 fully saturated rings. The van der Waals surface area contributed by atoms with Crippen LogP contribution >= 0.6 is 0 Å². The fourth-order valence-corrected chi connectivity index (χ4v) is 2.18. The second-order valence-electron chi connectivity index (χ2n) is 4.91. The topological polar surface area (TPSA) is 68.2 Å². The van der Waals surface area contributed by atoms with E-state index < -0.39 is 0 Å². The fourth-order valence-electron chi connectivity index (χ4n) is 2.18. The van der Waals surface area contributed by atoms with Crippen LogP contribution in [0.25, 0.3) is 0 Å².